The van der Waals surface area contributed by atoms with Crippen LogP contribution >= 0.6 is 11.3 Å². The van der Waals surface area contributed by atoms with Crippen LogP contribution < -0.4 is 5.32 Å². The standard InChI is InChI=1S/C15H17N5OS/c1-11(21)17-15-3-5-20(18-15)13-2-4-19(8-13)9-14-6-12(7-16)10-22-14/h3,5-6,10,13H,2,4,8-9H2,1H3,(H,17,18,21)/t13-/m0/s1. The number of nitrogens with one attached hydrogen (secondary N) is 1. The van der Waals surface area contributed by atoms with Crippen molar-refractivity contribution in [1.29, 1.82) is 5.26 Å². The summed E-state index contributed by atoms with van der Waals surface area (Å²) in [5.41, 5.74) is 0.739. The van der Waals surface area contributed by atoms with Gasteiger partial charge in [0.25, 0.3) is 0 Å². The second kappa shape index (κ2) is 6.30. The number of likely N-dealkylation sites (tertiary alicyclic amines) is 1. The summed E-state index contributed by atoms with van der Waals surface area (Å²) in [6, 6.07) is 6.28. The molecule has 2 aromatic rings. The molecule has 0 spiro atoms. The van der Waals surface area contributed by atoms with Crippen LogP contribution in [0.3, 0.4) is 0 Å². The van der Waals surface area contributed by atoms with Gasteiger partial charge in [-0.1, -0.05) is 0 Å². The highest BCUT2D eigenvalue weighted by molar-refractivity contribution is 7.10. The van der Waals surface area contributed by atoms with Gasteiger partial charge in [-0.25, -0.2) is 0 Å². The molecule has 3 rings (SSSR count). The molecule has 7 heteroatoms. The van der Waals surface area contributed by atoms with Crippen LogP contribution in [0.15, 0.2) is 23.7 Å². The molecule has 0 radical (unpaired) electrons. The quantitative estimate of drug-likeness (QED) is 0.939. The Balaban J connectivity index is 1.58. The van der Waals surface area contributed by atoms with Gasteiger partial charge < -0.3 is 5.32 Å². The van der Waals surface area contributed by atoms with E-state index in [2.05, 4.69) is 21.4 Å². The Labute approximate surface area is 133 Å². The molecule has 1 saturated heterocycles. The number of hydrogen-bond donors (Lipinski definition) is 1. The van der Waals surface area contributed by atoms with Gasteiger partial charge in [-0.15, -0.1) is 11.3 Å². The van der Waals surface area contributed by atoms with Crippen molar-refractivity contribution in [2.24, 2.45) is 0 Å². The number of carbonyl (C=O) groups is 1. The molecule has 6 nitrogen and oxygen atoms in total. The summed E-state index contributed by atoms with van der Waals surface area (Å²) in [5, 5.41) is 17.9. The van der Waals surface area contributed by atoms with E-state index in [-0.39, 0.29) is 5.91 Å². The molecule has 0 aromatic carbocycles. The Hall–Kier alpha value is -2.17. The highest BCUT2D eigenvalue weighted by Gasteiger charge is 2.24. The summed E-state index contributed by atoms with van der Waals surface area (Å²) >= 11 is 1.63. The van der Waals surface area contributed by atoms with Crippen LogP contribution in [0.4, 0.5) is 5.82 Å². The van der Waals surface area contributed by atoms with Crippen molar-refractivity contribution in [3.05, 3.63) is 34.2 Å². The molecule has 0 bridgehead atoms. The number of hydrogen-bond acceptors (Lipinski definition) is 5. The summed E-state index contributed by atoms with van der Waals surface area (Å²) < 4.78 is 1.93. The fraction of sp³-hybridized carbons (Fsp3) is 0.400. The van der Waals surface area contributed by atoms with E-state index in [1.54, 1.807) is 11.3 Å². The van der Waals surface area contributed by atoms with Crippen LogP contribution in [0.1, 0.15) is 29.8 Å². The Bertz CT molecular complexity index is 714. The van der Waals surface area contributed by atoms with Crippen molar-refractivity contribution in [2.45, 2.75) is 25.9 Å². The normalized spacial score (nSPS) is 18.3. The number of amides is 1. The molecule has 1 amide bonds. The van der Waals surface area contributed by atoms with Crippen LogP contribution in [0.25, 0.3) is 0 Å². The van der Waals surface area contributed by atoms with Crippen molar-refractivity contribution in [2.75, 3.05) is 18.4 Å². The zero-order chi connectivity index (χ0) is 15.5. The number of thiophene rings is 1. The third-order valence-corrected chi connectivity index (χ3v) is 4.62. The minimum Gasteiger partial charge on any atom is -0.309 e. The van der Waals surface area contributed by atoms with Crippen LogP contribution in [0.5, 0.6) is 0 Å². The SMILES string of the molecule is CC(=O)Nc1ccn([C@H]2CCN(Cc3cc(C#N)cs3)C2)n1. The Kier molecular flexibility index (Phi) is 4.22. The first-order valence-electron chi connectivity index (χ1n) is 7.16. The van der Waals surface area contributed by atoms with Gasteiger partial charge in [0.2, 0.25) is 5.91 Å². The highest BCUT2D eigenvalue weighted by atomic mass is 32.1. The fourth-order valence-electron chi connectivity index (χ4n) is 2.70. The first-order chi connectivity index (χ1) is 10.6. The van der Waals surface area contributed by atoms with Gasteiger partial charge in [-0.3, -0.25) is 14.4 Å². The Morgan fingerprint density at radius 3 is 3.23 bits per heavy atom. The van der Waals surface area contributed by atoms with E-state index >= 15 is 0 Å². The predicted octanol–water partition coefficient (Wildman–Crippen LogP) is 2.22. The lowest BCUT2D eigenvalue weighted by Gasteiger charge is -2.15. The molecule has 1 N–H and O–H groups in total. The minimum absolute atomic E-state index is 0.107. The van der Waals surface area contributed by atoms with Gasteiger partial charge in [0.05, 0.1) is 11.6 Å². The average molecular weight is 315 g/mol. The van der Waals surface area contributed by atoms with Crippen molar-refractivity contribution in [1.82, 2.24) is 14.7 Å². The second-order valence-electron chi connectivity index (χ2n) is 5.45. The van der Waals surface area contributed by atoms with Crippen molar-refractivity contribution in [3.63, 3.8) is 0 Å². The lowest BCUT2D eigenvalue weighted by Crippen LogP contribution is -2.21. The van der Waals surface area contributed by atoms with E-state index in [4.69, 9.17) is 5.26 Å². The minimum atomic E-state index is -0.107. The third kappa shape index (κ3) is 3.35. The summed E-state index contributed by atoms with van der Waals surface area (Å²) in [5.74, 6) is 0.493. The van der Waals surface area contributed by atoms with Gasteiger partial charge in [0, 0.05) is 49.1 Å². The smallest absolute Gasteiger partial charge is 0.222 e. The summed E-state index contributed by atoms with van der Waals surface area (Å²) in [6.45, 7) is 4.30. The van der Waals surface area contributed by atoms with Gasteiger partial charge in [-0.2, -0.15) is 10.4 Å². The maximum atomic E-state index is 11.0. The topological polar surface area (TPSA) is 74.0 Å². The van der Waals surface area contributed by atoms with Gasteiger partial charge in [0.15, 0.2) is 5.82 Å². The second-order valence-corrected chi connectivity index (χ2v) is 6.45. The molecule has 0 saturated carbocycles. The number of nitriles is 1. The Morgan fingerprint density at radius 2 is 2.50 bits per heavy atom. The van der Waals surface area contributed by atoms with Gasteiger partial charge >= 0.3 is 0 Å². The van der Waals surface area contributed by atoms with Crippen LogP contribution in [-0.4, -0.2) is 33.7 Å². The lowest BCUT2D eigenvalue weighted by atomic mass is 10.3. The first kappa shape index (κ1) is 14.8. The van der Waals surface area contributed by atoms with Crippen molar-refractivity contribution in [3.8, 4) is 6.07 Å². The van der Waals surface area contributed by atoms with E-state index < -0.39 is 0 Å². The number of nitrogens with zero attached hydrogens (tertiary/aromatic N) is 4. The number of carbonyl (C=O) groups excluding carboxylic acids is 1. The highest BCUT2D eigenvalue weighted by Crippen LogP contribution is 2.25. The zero-order valence-electron chi connectivity index (χ0n) is 12.3. The summed E-state index contributed by atoms with van der Waals surface area (Å²) in [6.07, 6.45) is 2.95. The predicted molar refractivity (Wildman–Crippen MR) is 84.5 cm³/mol. The molecule has 0 aliphatic carbocycles. The lowest BCUT2D eigenvalue weighted by molar-refractivity contribution is -0.114. The van der Waals surface area contributed by atoms with Crippen molar-refractivity contribution >= 4 is 23.1 Å². The van der Waals surface area contributed by atoms with Crippen molar-refractivity contribution < 1.29 is 4.79 Å². The maximum absolute atomic E-state index is 11.0. The maximum Gasteiger partial charge on any atom is 0.222 e. The first-order valence-corrected chi connectivity index (χ1v) is 8.04. The number of anilines is 1. The molecule has 0 unspecified atom stereocenters. The van der Waals surface area contributed by atoms with Gasteiger partial charge in [-0.05, 0) is 12.5 Å². The monoisotopic (exact) mass is 315 g/mol. The molecule has 1 atom stereocenters. The molecule has 1 aliphatic heterocycles. The van der Waals surface area contributed by atoms with Crippen LogP contribution in [0.2, 0.25) is 0 Å². The largest absolute Gasteiger partial charge is 0.309 e. The fourth-order valence-corrected chi connectivity index (χ4v) is 3.55. The molecular formula is C15H17N5OS. The number of rotatable bonds is 4. The van der Waals surface area contributed by atoms with E-state index in [1.807, 2.05) is 28.4 Å². The number of aromatic nitrogens is 2. The molecule has 2 aromatic heterocycles. The third-order valence-electron chi connectivity index (χ3n) is 3.70. The molecule has 22 heavy (non-hydrogen) atoms. The van der Waals surface area contributed by atoms with Crippen LogP contribution in [0, 0.1) is 11.3 Å². The summed E-state index contributed by atoms with van der Waals surface area (Å²) in [4.78, 5) is 14.6. The van der Waals surface area contributed by atoms with E-state index in [0.29, 0.717) is 11.9 Å². The van der Waals surface area contributed by atoms with Crippen LogP contribution in [-0.2, 0) is 11.3 Å². The molecule has 114 valence electrons. The average Bonchev–Trinajstić information content (AvgIpc) is 3.18. The van der Waals surface area contributed by atoms with E-state index in [0.717, 1.165) is 31.6 Å². The molecule has 1 aliphatic rings. The van der Waals surface area contributed by atoms with Gasteiger partial charge in [0.1, 0.15) is 6.07 Å². The summed E-state index contributed by atoms with van der Waals surface area (Å²) in [7, 11) is 0. The molecular weight excluding hydrogens is 298 g/mol. The Morgan fingerprint density at radius 1 is 1.64 bits per heavy atom. The molecule has 3 heterocycles. The zero-order valence-corrected chi connectivity index (χ0v) is 13.1. The van der Waals surface area contributed by atoms with E-state index in [9.17, 15) is 4.79 Å². The molecule has 1 fully saturated rings. The van der Waals surface area contributed by atoms with E-state index in [1.165, 1.54) is 11.8 Å².